The van der Waals surface area contributed by atoms with Crippen molar-refractivity contribution in [2.75, 3.05) is 7.11 Å². The fraction of sp³-hybridized carbons (Fsp3) is 0.294. The van der Waals surface area contributed by atoms with Crippen molar-refractivity contribution in [3.05, 3.63) is 59.2 Å². The second kappa shape index (κ2) is 6.44. The molecule has 106 valence electrons. The normalized spacial score (nSPS) is 12.0. The van der Waals surface area contributed by atoms with Crippen LogP contribution in [0.3, 0.4) is 0 Å². The van der Waals surface area contributed by atoms with Gasteiger partial charge in [-0.1, -0.05) is 24.3 Å². The van der Waals surface area contributed by atoms with Gasteiger partial charge in [0.1, 0.15) is 18.1 Å². The van der Waals surface area contributed by atoms with Crippen LogP contribution in [0.4, 0.5) is 0 Å². The number of aryl methyl sites for hydroxylation is 1. The first kappa shape index (κ1) is 14.4. The number of methoxy groups -OCH3 is 1. The molecule has 3 nitrogen and oxygen atoms in total. The van der Waals surface area contributed by atoms with E-state index in [1.807, 2.05) is 49.4 Å². The van der Waals surface area contributed by atoms with Gasteiger partial charge in [-0.2, -0.15) is 0 Å². The molecule has 0 saturated carbocycles. The minimum absolute atomic E-state index is 0.411. The van der Waals surface area contributed by atoms with Gasteiger partial charge in [-0.25, -0.2) is 0 Å². The Morgan fingerprint density at radius 3 is 2.50 bits per heavy atom. The van der Waals surface area contributed by atoms with E-state index in [9.17, 15) is 5.11 Å². The number of aliphatic hydroxyl groups is 1. The Balaban J connectivity index is 2.19. The van der Waals surface area contributed by atoms with Gasteiger partial charge in [0.05, 0.1) is 13.2 Å². The molecule has 0 heterocycles. The summed E-state index contributed by atoms with van der Waals surface area (Å²) < 4.78 is 11.2. The van der Waals surface area contributed by atoms with Crippen LogP contribution in [0.25, 0.3) is 0 Å². The number of ether oxygens (including phenoxy) is 2. The molecular formula is C17H20O3. The number of aliphatic hydroxyl groups excluding tert-OH is 1. The highest BCUT2D eigenvalue weighted by Crippen LogP contribution is 2.25. The zero-order valence-corrected chi connectivity index (χ0v) is 12.1. The first-order valence-corrected chi connectivity index (χ1v) is 6.65. The van der Waals surface area contributed by atoms with E-state index in [1.165, 1.54) is 0 Å². The maximum absolute atomic E-state index is 9.66. The average molecular weight is 272 g/mol. The number of hydrogen-bond donors (Lipinski definition) is 1. The summed E-state index contributed by atoms with van der Waals surface area (Å²) in [6.45, 7) is 4.17. The molecule has 3 heteroatoms. The SMILES string of the molecule is COc1ccc(C(C)O)cc1COc1ccccc1C. The summed E-state index contributed by atoms with van der Waals surface area (Å²) >= 11 is 0. The van der Waals surface area contributed by atoms with Crippen LogP contribution in [-0.2, 0) is 6.61 Å². The van der Waals surface area contributed by atoms with Crippen LogP contribution in [0.5, 0.6) is 11.5 Å². The van der Waals surface area contributed by atoms with Crippen LogP contribution in [0.15, 0.2) is 42.5 Å². The smallest absolute Gasteiger partial charge is 0.125 e. The topological polar surface area (TPSA) is 38.7 Å². The Kier molecular flexibility index (Phi) is 4.64. The van der Waals surface area contributed by atoms with E-state index < -0.39 is 6.10 Å². The van der Waals surface area contributed by atoms with Gasteiger partial charge in [-0.05, 0) is 43.2 Å². The molecule has 0 radical (unpaired) electrons. The van der Waals surface area contributed by atoms with E-state index in [0.717, 1.165) is 28.2 Å². The maximum Gasteiger partial charge on any atom is 0.125 e. The molecule has 0 aromatic heterocycles. The molecule has 2 aromatic rings. The van der Waals surface area contributed by atoms with Crippen molar-refractivity contribution in [2.45, 2.75) is 26.6 Å². The summed E-state index contributed by atoms with van der Waals surface area (Å²) in [5.41, 5.74) is 2.88. The monoisotopic (exact) mass is 272 g/mol. The lowest BCUT2D eigenvalue weighted by Crippen LogP contribution is -2.02. The van der Waals surface area contributed by atoms with Crippen molar-refractivity contribution < 1.29 is 14.6 Å². The third-order valence-corrected chi connectivity index (χ3v) is 3.26. The molecule has 0 spiro atoms. The lowest BCUT2D eigenvalue weighted by atomic mass is 10.1. The van der Waals surface area contributed by atoms with Gasteiger partial charge in [0, 0.05) is 5.56 Å². The van der Waals surface area contributed by atoms with Crippen LogP contribution < -0.4 is 9.47 Å². The van der Waals surface area contributed by atoms with Crippen LogP contribution >= 0.6 is 0 Å². The molecule has 0 bridgehead atoms. The van der Waals surface area contributed by atoms with Gasteiger partial charge < -0.3 is 14.6 Å². The molecular weight excluding hydrogens is 252 g/mol. The zero-order valence-electron chi connectivity index (χ0n) is 12.1. The van der Waals surface area contributed by atoms with Crippen molar-refractivity contribution in [3.8, 4) is 11.5 Å². The largest absolute Gasteiger partial charge is 0.496 e. The van der Waals surface area contributed by atoms with Crippen molar-refractivity contribution in [1.29, 1.82) is 0 Å². The number of benzene rings is 2. The molecule has 20 heavy (non-hydrogen) atoms. The lowest BCUT2D eigenvalue weighted by molar-refractivity contribution is 0.198. The lowest BCUT2D eigenvalue weighted by Gasteiger charge is -2.14. The highest BCUT2D eigenvalue weighted by Gasteiger charge is 2.09. The zero-order chi connectivity index (χ0) is 14.5. The van der Waals surface area contributed by atoms with Gasteiger partial charge in [0.25, 0.3) is 0 Å². The summed E-state index contributed by atoms with van der Waals surface area (Å²) in [5.74, 6) is 1.62. The number of rotatable bonds is 5. The molecule has 0 aliphatic rings. The first-order chi connectivity index (χ1) is 9.61. The Bertz CT molecular complexity index is 576. The van der Waals surface area contributed by atoms with Crippen LogP contribution in [0, 0.1) is 6.92 Å². The quantitative estimate of drug-likeness (QED) is 0.903. The minimum Gasteiger partial charge on any atom is -0.496 e. The summed E-state index contributed by atoms with van der Waals surface area (Å²) in [7, 11) is 1.63. The molecule has 0 aliphatic carbocycles. The first-order valence-electron chi connectivity index (χ1n) is 6.65. The van der Waals surface area contributed by atoms with Gasteiger partial charge in [0.15, 0.2) is 0 Å². The fourth-order valence-corrected chi connectivity index (χ4v) is 2.05. The molecule has 0 saturated heterocycles. The van der Waals surface area contributed by atoms with Crippen molar-refractivity contribution in [1.82, 2.24) is 0 Å². The summed E-state index contributed by atoms with van der Waals surface area (Å²) in [6, 6.07) is 13.5. The highest BCUT2D eigenvalue weighted by molar-refractivity contribution is 5.38. The molecule has 2 rings (SSSR count). The summed E-state index contributed by atoms with van der Waals surface area (Å²) in [4.78, 5) is 0. The van der Waals surface area contributed by atoms with Gasteiger partial charge in [-0.3, -0.25) is 0 Å². The van der Waals surface area contributed by atoms with Crippen LogP contribution in [0.1, 0.15) is 29.7 Å². The van der Waals surface area contributed by atoms with E-state index in [-0.39, 0.29) is 0 Å². The third kappa shape index (κ3) is 3.31. The van der Waals surface area contributed by atoms with Gasteiger partial charge >= 0.3 is 0 Å². The van der Waals surface area contributed by atoms with Crippen molar-refractivity contribution in [3.63, 3.8) is 0 Å². The minimum atomic E-state index is -0.502. The molecule has 0 fully saturated rings. The summed E-state index contributed by atoms with van der Waals surface area (Å²) in [5, 5.41) is 9.66. The number of hydrogen-bond acceptors (Lipinski definition) is 3. The van der Waals surface area contributed by atoms with E-state index in [2.05, 4.69) is 0 Å². The highest BCUT2D eigenvalue weighted by atomic mass is 16.5. The number of para-hydroxylation sites is 1. The molecule has 1 unspecified atom stereocenters. The van der Waals surface area contributed by atoms with E-state index >= 15 is 0 Å². The Morgan fingerprint density at radius 1 is 1.10 bits per heavy atom. The van der Waals surface area contributed by atoms with Crippen molar-refractivity contribution >= 4 is 0 Å². The molecule has 1 atom stereocenters. The van der Waals surface area contributed by atoms with E-state index in [0.29, 0.717) is 6.61 Å². The Labute approximate surface area is 119 Å². The second-order valence-electron chi connectivity index (χ2n) is 4.80. The molecule has 1 N–H and O–H groups in total. The van der Waals surface area contributed by atoms with Gasteiger partial charge in [-0.15, -0.1) is 0 Å². The standard InChI is InChI=1S/C17H20O3/c1-12-6-4-5-7-16(12)20-11-15-10-14(13(2)18)8-9-17(15)19-3/h4-10,13,18H,11H2,1-3H3. The molecule has 0 aliphatic heterocycles. The molecule has 0 amide bonds. The predicted octanol–water partition coefficient (Wildman–Crippen LogP) is 3.64. The second-order valence-corrected chi connectivity index (χ2v) is 4.80. The van der Waals surface area contributed by atoms with Crippen LogP contribution in [0.2, 0.25) is 0 Å². The van der Waals surface area contributed by atoms with E-state index in [4.69, 9.17) is 9.47 Å². The van der Waals surface area contributed by atoms with Gasteiger partial charge in [0.2, 0.25) is 0 Å². The Morgan fingerprint density at radius 2 is 1.85 bits per heavy atom. The van der Waals surface area contributed by atoms with Crippen molar-refractivity contribution in [2.24, 2.45) is 0 Å². The molecule has 2 aromatic carbocycles. The predicted molar refractivity (Wildman–Crippen MR) is 79.1 cm³/mol. The Hall–Kier alpha value is -2.00. The fourth-order valence-electron chi connectivity index (χ4n) is 2.05. The van der Waals surface area contributed by atoms with Crippen LogP contribution in [-0.4, -0.2) is 12.2 Å². The average Bonchev–Trinajstić information content (AvgIpc) is 2.46. The summed E-state index contributed by atoms with van der Waals surface area (Å²) in [6.07, 6.45) is -0.502. The third-order valence-electron chi connectivity index (χ3n) is 3.26. The maximum atomic E-state index is 9.66. The van der Waals surface area contributed by atoms with E-state index in [1.54, 1.807) is 14.0 Å².